The maximum atomic E-state index is 12.9. The number of benzene rings is 1. The van der Waals surface area contributed by atoms with Crippen molar-refractivity contribution in [1.82, 2.24) is 5.32 Å². The smallest absolute Gasteiger partial charge is 0.419 e. The molecule has 1 aromatic rings. The highest BCUT2D eigenvalue weighted by atomic mass is 19.4. The van der Waals surface area contributed by atoms with Gasteiger partial charge in [-0.05, 0) is 24.1 Å². The molecule has 112 valence electrons. The van der Waals surface area contributed by atoms with E-state index in [0.717, 1.165) is 12.5 Å². The summed E-state index contributed by atoms with van der Waals surface area (Å²) in [5, 5.41) is 2.52. The standard InChI is InChI=1S/C13H17F3N2O2/c1-2-5-18-12(19)8-20-11-4-3-9(7-17)6-10(11)13(14,15)16/h3-4,6H,2,5,7-8,17H2,1H3,(H,18,19). The number of nitrogens with two attached hydrogens (primary N) is 1. The number of hydrogen-bond acceptors (Lipinski definition) is 3. The van der Waals surface area contributed by atoms with E-state index in [1.54, 1.807) is 0 Å². The van der Waals surface area contributed by atoms with Crippen LogP contribution >= 0.6 is 0 Å². The van der Waals surface area contributed by atoms with Crippen molar-refractivity contribution < 1.29 is 22.7 Å². The number of amides is 1. The molecule has 0 saturated heterocycles. The lowest BCUT2D eigenvalue weighted by molar-refractivity contribution is -0.139. The molecule has 4 nitrogen and oxygen atoms in total. The van der Waals surface area contributed by atoms with Gasteiger partial charge in [-0.3, -0.25) is 4.79 Å². The monoisotopic (exact) mass is 290 g/mol. The van der Waals surface area contributed by atoms with Crippen molar-refractivity contribution in [3.63, 3.8) is 0 Å². The van der Waals surface area contributed by atoms with Gasteiger partial charge in [0.25, 0.3) is 5.91 Å². The molecule has 0 aliphatic carbocycles. The first kappa shape index (κ1) is 16.3. The van der Waals surface area contributed by atoms with Crippen LogP contribution < -0.4 is 15.8 Å². The van der Waals surface area contributed by atoms with Crippen LogP contribution in [0.15, 0.2) is 18.2 Å². The van der Waals surface area contributed by atoms with Crippen molar-refractivity contribution in [3.05, 3.63) is 29.3 Å². The molecule has 0 aromatic heterocycles. The summed E-state index contributed by atoms with van der Waals surface area (Å²) in [6, 6.07) is 3.55. The predicted octanol–water partition coefficient (Wildman–Crippen LogP) is 2.07. The van der Waals surface area contributed by atoms with Crippen molar-refractivity contribution >= 4 is 5.91 Å². The number of halogens is 3. The average molecular weight is 290 g/mol. The Morgan fingerprint density at radius 3 is 2.65 bits per heavy atom. The summed E-state index contributed by atoms with van der Waals surface area (Å²) in [7, 11) is 0. The molecule has 0 saturated carbocycles. The Morgan fingerprint density at radius 1 is 1.40 bits per heavy atom. The van der Waals surface area contributed by atoms with E-state index in [4.69, 9.17) is 10.5 Å². The minimum absolute atomic E-state index is 0.000343. The molecule has 0 unspecified atom stereocenters. The molecule has 0 bridgehead atoms. The van der Waals surface area contributed by atoms with Gasteiger partial charge in [0.15, 0.2) is 6.61 Å². The topological polar surface area (TPSA) is 64.3 Å². The molecule has 0 radical (unpaired) electrons. The van der Waals surface area contributed by atoms with Crippen LogP contribution in [-0.2, 0) is 17.5 Å². The van der Waals surface area contributed by atoms with Crippen LogP contribution in [0.1, 0.15) is 24.5 Å². The Kier molecular flexibility index (Phi) is 5.82. The first-order valence-electron chi connectivity index (χ1n) is 6.18. The quantitative estimate of drug-likeness (QED) is 0.843. The van der Waals surface area contributed by atoms with Gasteiger partial charge in [0, 0.05) is 13.1 Å². The summed E-state index contributed by atoms with van der Waals surface area (Å²) >= 11 is 0. The van der Waals surface area contributed by atoms with Crippen LogP contribution in [0.2, 0.25) is 0 Å². The number of nitrogens with one attached hydrogen (secondary N) is 1. The summed E-state index contributed by atoms with van der Waals surface area (Å²) < 4.78 is 43.6. The van der Waals surface area contributed by atoms with Crippen LogP contribution in [0.3, 0.4) is 0 Å². The largest absolute Gasteiger partial charge is 0.483 e. The molecule has 20 heavy (non-hydrogen) atoms. The molecular weight excluding hydrogens is 273 g/mol. The molecule has 1 amide bonds. The minimum atomic E-state index is -4.56. The van der Waals surface area contributed by atoms with E-state index in [1.807, 2.05) is 6.92 Å². The number of carbonyl (C=O) groups is 1. The lowest BCUT2D eigenvalue weighted by Crippen LogP contribution is -2.29. The van der Waals surface area contributed by atoms with Crippen LogP contribution in [0, 0.1) is 0 Å². The van der Waals surface area contributed by atoms with Gasteiger partial charge in [-0.15, -0.1) is 0 Å². The van der Waals surface area contributed by atoms with Gasteiger partial charge >= 0.3 is 6.18 Å². The highest BCUT2D eigenvalue weighted by Crippen LogP contribution is 2.36. The zero-order chi connectivity index (χ0) is 15.2. The molecular formula is C13H17F3N2O2. The van der Waals surface area contributed by atoms with Gasteiger partial charge in [-0.2, -0.15) is 13.2 Å². The van der Waals surface area contributed by atoms with Gasteiger partial charge in [0.05, 0.1) is 5.56 Å². The predicted molar refractivity (Wildman–Crippen MR) is 68.1 cm³/mol. The van der Waals surface area contributed by atoms with Crippen LogP contribution in [0.5, 0.6) is 5.75 Å². The van der Waals surface area contributed by atoms with Gasteiger partial charge in [0.1, 0.15) is 5.75 Å². The average Bonchev–Trinajstić information content (AvgIpc) is 2.41. The normalized spacial score (nSPS) is 11.2. The third kappa shape index (κ3) is 4.73. The molecule has 0 atom stereocenters. The van der Waals surface area contributed by atoms with Crippen molar-refractivity contribution in [2.75, 3.05) is 13.2 Å². The fourth-order valence-corrected chi connectivity index (χ4v) is 1.51. The van der Waals surface area contributed by atoms with E-state index < -0.39 is 24.3 Å². The van der Waals surface area contributed by atoms with Crippen LogP contribution in [0.4, 0.5) is 13.2 Å². The van der Waals surface area contributed by atoms with E-state index in [9.17, 15) is 18.0 Å². The zero-order valence-electron chi connectivity index (χ0n) is 11.1. The van der Waals surface area contributed by atoms with Crippen LogP contribution in [0.25, 0.3) is 0 Å². The molecule has 0 fully saturated rings. The Labute approximate surface area is 115 Å². The number of rotatable bonds is 6. The molecule has 1 aromatic carbocycles. The van der Waals surface area contributed by atoms with Gasteiger partial charge in [-0.25, -0.2) is 0 Å². The zero-order valence-corrected chi connectivity index (χ0v) is 11.1. The Morgan fingerprint density at radius 2 is 2.10 bits per heavy atom. The molecule has 0 aliphatic heterocycles. The van der Waals surface area contributed by atoms with E-state index in [1.165, 1.54) is 12.1 Å². The van der Waals surface area contributed by atoms with Gasteiger partial charge < -0.3 is 15.8 Å². The summed E-state index contributed by atoms with van der Waals surface area (Å²) in [5.74, 6) is -0.829. The van der Waals surface area contributed by atoms with E-state index in [-0.39, 0.29) is 12.3 Å². The van der Waals surface area contributed by atoms with E-state index in [2.05, 4.69) is 5.32 Å². The second-order valence-electron chi connectivity index (χ2n) is 4.17. The first-order chi connectivity index (χ1) is 9.38. The molecule has 0 spiro atoms. The number of hydrogen-bond donors (Lipinski definition) is 2. The molecule has 1 rings (SSSR count). The number of alkyl halides is 3. The number of carbonyl (C=O) groups excluding carboxylic acids is 1. The Balaban J connectivity index is 2.81. The molecule has 7 heteroatoms. The van der Waals surface area contributed by atoms with Gasteiger partial charge in [-0.1, -0.05) is 13.0 Å². The van der Waals surface area contributed by atoms with Crippen molar-refractivity contribution in [2.24, 2.45) is 5.73 Å². The lowest BCUT2D eigenvalue weighted by Gasteiger charge is -2.15. The highest BCUT2D eigenvalue weighted by molar-refractivity contribution is 5.77. The second kappa shape index (κ2) is 7.14. The fraction of sp³-hybridized carbons (Fsp3) is 0.462. The van der Waals surface area contributed by atoms with E-state index >= 15 is 0 Å². The molecule has 0 heterocycles. The van der Waals surface area contributed by atoms with Crippen molar-refractivity contribution in [1.29, 1.82) is 0 Å². The summed E-state index contributed by atoms with van der Waals surface area (Å²) in [5.41, 5.74) is 4.74. The minimum Gasteiger partial charge on any atom is -0.483 e. The molecule has 0 aliphatic rings. The lowest BCUT2D eigenvalue weighted by atomic mass is 10.1. The first-order valence-corrected chi connectivity index (χ1v) is 6.18. The third-order valence-corrected chi connectivity index (χ3v) is 2.52. The van der Waals surface area contributed by atoms with Crippen LogP contribution in [-0.4, -0.2) is 19.1 Å². The van der Waals surface area contributed by atoms with Gasteiger partial charge in [0.2, 0.25) is 0 Å². The maximum absolute atomic E-state index is 12.9. The summed E-state index contributed by atoms with van der Waals surface area (Å²) in [4.78, 5) is 11.3. The summed E-state index contributed by atoms with van der Waals surface area (Å²) in [6.45, 7) is 1.88. The SMILES string of the molecule is CCCNC(=O)COc1ccc(CN)cc1C(F)(F)F. The number of ether oxygens (including phenoxy) is 1. The Hall–Kier alpha value is -1.76. The van der Waals surface area contributed by atoms with Crippen molar-refractivity contribution in [2.45, 2.75) is 26.1 Å². The summed E-state index contributed by atoms with van der Waals surface area (Å²) in [6.07, 6.45) is -3.81. The second-order valence-corrected chi connectivity index (χ2v) is 4.17. The van der Waals surface area contributed by atoms with Crippen molar-refractivity contribution in [3.8, 4) is 5.75 Å². The maximum Gasteiger partial charge on any atom is 0.419 e. The van der Waals surface area contributed by atoms with E-state index in [0.29, 0.717) is 12.1 Å². The fourth-order valence-electron chi connectivity index (χ4n) is 1.51. The third-order valence-electron chi connectivity index (χ3n) is 2.52. The Bertz CT molecular complexity index is 461. The highest BCUT2D eigenvalue weighted by Gasteiger charge is 2.34. The molecule has 3 N–H and O–H groups in total.